The van der Waals surface area contributed by atoms with Crippen LogP contribution in [0.1, 0.15) is 26.7 Å². The number of nitrogens with zero attached hydrogens (tertiary/aromatic N) is 3. The van der Waals surface area contributed by atoms with E-state index in [-0.39, 0.29) is 11.6 Å². The molecule has 150 valence electrons. The fourth-order valence-corrected chi connectivity index (χ4v) is 4.37. The van der Waals surface area contributed by atoms with Gasteiger partial charge in [-0.25, -0.2) is 4.79 Å². The lowest BCUT2D eigenvalue weighted by Gasteiger charge is -2.48. The standard InChI is InChI=1S/C21H34N4O2/c1-21(2)16-24(20(26)22-14-17-7-6-10-23(3)15-17)11-12-25(21)18-8-5-9-19(13-18)27-4/h5,8-9,13,17H,6-7,10-12,14-16H2,1-4H3,(H,22,26). The lowest BCUT2D eigenvalue weighted by atomic mass is 9.97. The Balaban J connectivity index is 1.56. The van der Waals surface area contributed by atoms with Gasteiger partial charge >= 0.3 is 6.03 Å². The van der Waals surface area contributed by atoms with Crippen LogP contribution in [0.25, 0.3) is 0 Å². The van der Waals surface area contributed by atoms with Crippen LogP contribution in [0.3, 0.4) is 0 Å². The highest BCUT2D eigenvalue weighted by Gasteiger charge is 2.36. The fraction of sp³-hybridized carbons (Fsp3) is 0.667. The Morgan fingerprint density at radius 2 is 2.11 bits per heavy atom. The van der Waals surface area contributed by atoms with E-state index in [2.05, 4.69) is 48.1 Å². The van der Waals surface area contributed by atoms with E-state index in [1.165, 1.54) is 19.4 Å². The van der Waals surface area contributed by atoms with Gasteiger partial charge in [-0.2, -0.15) is 0 Å². The zero-order chi connectivity index (χ0) is 19.4. The van der Waals surface area contributed by atoms with Gasteiger partial charge in [-0.1, -0.05) is 6.07 Å². The maximum Gasteiger partial charge on any atom is 0.317 e. The number of benzene rings is 1. The number of carbonyl (C=O) groups excluding carboxylic acids is 1. The first-order valence-corrected chi connectivity index (χ1v) is 10.0. The molecule has 2 amide bonds. The number of urea groups is 1. The number of hydrogen-bond donors (Lipinski definition) is 1. The molecule has 0 saturated carbocycles. The highest BCUT2D eigenvalue weighted by molar-refractivity contribution is 5.75. The summed E-state index contributed by atoms with van der Waals surface area (Å²) in [7, 11) is 3.85. The summed E-state index contributed by atoms with van der Waals surface area (Å²) < 4.78 is 5.37. The van der Waals surface area contributed by atoms with Gasteiger partial charge in [0.25, 0.3) is 0 Å². The molecule has 0 radical (unpaired) electrons. The molecule has 6 heteroatoms. The molecule has 2 fully saturated rings. The number of rotatable bonds is 4. The quantitative estimate of drug-likeness (QED) is 0.880. The smallest absolute Gasteiger partial charge is 0.317 e. The summed E-state index contributed by atoms with van der Waals surface area (Å²) in [5.74, 6) is 1.43. The minimum atomic E-state index is -0.132. The average Bonchev–Trinajstić information content (AvgIpc) is 2.65. The van der Waals surface area contributed by atoms with E-state index < -0.39 is 0 Å². The third-order valence-electron chi connectivity index (χ3n) is 5.82. The lowest BCUT2D eigenvalue weighted by molar-refractivity contribution is 0.162. The predicted octanol–water partition coefficient (Wildman–Crippen LogP) is 2.65. The molecule has 0 aromatic heterocycles. The van der Waals surface area contributed by atoms with Crippen LogP contribution >= 0.6 is 0 Å². The molecule has 1 unspecified atom stereocenters. The summed E-state index contributed by atoms with van der Waals surface area (Å²) in [6, 6.07) is 8.23. The number of carbonyl (C=O) groups is 1. The molecule has 27 heavy (non-hydrogen) atoms. The Morgan fingerprint density at radius 1 is 1.30 bits per heavy atom. The summed E-state index contributed by atoms with van der Waals surface area (Å²) >= 11 is 0. The number of piperazine rings is 1. The largest absolute Gasteiger partial charge is 0.497 e. The first kappa shape index (κ1) is 19.8. The second kappa shape index (κ2) is 8.38. The van der Waals surface area contributed by atoms with Crippen molar-refractivity contribution in [2.24, 2.45) is 5.92 Å². The number of likely N-dealkylation sites (tertiary alicyclic amines) is 1. The van der Waals surface area contributed by atoms with Gasteiger partial charge in [0.2, 0.25) is 0 Å². The van der Waals surface area contributed by atoms with Gasteiger partial charge in [0.15, 0.2) is 0 Å². The van der Waals surface area contributed by atoms with E-state index in [4.69, 9.17) is 4.74 Å². The number of amides is 2. The van der Waals surface area contributed by atoms with Crippen molar-refractivity contribution in [2.45, 2.75) is 32.2 Å². The number of hydrogen-bond acceptors (Lipinski definition) is 4. The van der Waals surface area contributed by atoms with Gasteiger partial charge in [-0.15, -0.1) is 0 Å². The Hall–Kier alpha value is -1.95. The van der Waals surface area contributed by atoms with Gasteiger partial charge in [-0.3, -0.25) is 0 Å². The molecule has 2 aliphatic heterocycles. The third kappa shape index (κ3) is 4.86. The first-order valence-electron chi connectivity index (χ1n) is 10.0. The average molecular weight is 375 g/mol. The topological polar surface area (TPSA) is 48.1 Å². The molecule has 3 rings (SSSR count). The summed E-state index contributed by atoms with van der Waals surface area (Å²) in [6.45, 7) is 9.68. The number of nitrogens with one attached hydrogen (secondary N) is 1. The molecule has 1 N–H and O–H groups in total. The molecular weight excluding hydrogens is 340 g/mol. The second-order valence-corrected chi connectivity index (χ2v) is 8.54. The zero-order valence-corrected chi connectivity index (χ0v) is 17.2. The van der Waals surface area contributed by atoms with E-state index in [9.17, 15) is 4.79 Å². The molecule has 0 spiro atoms. The van der Waals surface area contributed by atoms with Crippen molar-refractivity contribution in [3.8, 4) is 5.75 Å². The minimum Gasteiger partial charge on any atom is -0.497 e. The molecule has 6 nitrogen and oxygen atoms in total. The first-order chi connectivity index (χ1) is 12.9. The Bertz CT molecular complexity index is 649. The van der Waals surface area contributed by atoms with Crippen LogP contribution < -0.4 is 15.0 Å². The van der Waals surface area contributed by atoms with Crippen LogP contribution in [0, 0.1) is 5.92 Å². The maximum absolute atomic E-state index is 12.7. The van der Waals surface area contributed by atoms with Crippen molar-refractivity contribution in [1.29, 1.82) is 0 Å². The molecule has 2 aliphatic rings. The summed E-state index contributed by atoms with van der Waals surface area (Å²) in [4.78, 5) is 19.4. The molecule has 1 atom stereocenters. The van der Waals surface area contributed by atoms with Gasteiger partial charge < -0.3 is 24.8 Å². The normalized spacial score (nSPS) is 23.2. The van der Waals surface area contributed by atoms with Crippen LogP contribution in [0.15, 0.2) is 24.3 Å². The highest BCUT2D eigenvalue weighted by Crippen LogP contribution is 2.30. The monoisotopic (exact) mass is 374 g/mol. The third-order valence-corrected chi connectivity index (χ3v) is 5.82. The van der Waals surface area contributed by atoms with Crippen LogP contribution in [0.5, 0.6) is 5.75 Å². The summed E-state index contributed by atoms with van der Waals surface area (Å²) in [5, 5.41) is 3.18. The highest BCUT2D eigenvalue weighted by atomic mass is 16.5. The van der Waals surface area contributed by atoms with Crippen LogP contribution in [0.2, 0.25) is 0 Å². The van der Waals surface area contributed by atoms with Gasteiger partial charge in [0, 0.05) is 44.5 Å². The molecule has 2 saturated heterocycles. The van der Waals surface area contributed by atoms with E-state index in [1.54, 1.807) is 7.11 Å². The number of ether oxygens (including phenoxy) is 1. The Kier molecular flexibility index (Phi) is 6.15. The van der Waals surface area contributed by atoms with Crippen LogP contribution in [-0.4, -0.2) is 74.8 Å². The number of methoxy groups -OCH3 is 1. The maximum atomic E-state index is 12.7. The predicted molar refractivity (Wildman–Crippen MR) is 110 cm³/mol. The van der Waals surface area contributed by atoms with E-state index >= 15 is 0 Å². The summed E-state index contributed by atoms with van der Waals surface area (Å²) in [5.41, 5.74) is 1.01. The van der Waals surface area contributed by atoms with Crippen molar-refractivity contribution in [3.63, 3.8) is 0 Å². The Labute approximate surface area is 163 Å². The summed E-state index contributed by atoms with van der Waals surface area (Å²) in [6.07, 6.45) is 2.43. The van der Waals surface area contributed by atoms with Gasteiger partial charge in [0.1, 0.15) is 5.75 Å². The van der Waals surface area contributed by atoms with E-state index in [1.807, 2.05) is 17.0 Å². The molecular formula is C21H34N4O2. The fourth-order valence-electron chi connectivity index (χ4n) is 4.37. The lowest BCUT2D eigenvalue weighted by Crippen LogP contribution is -2.62. The molecule has 1 aromatic rings. The Morgan fingerprint density at radius 3 is 2.81 bits per heavy atom. The van der Waals surface area contributed by atoms with Crippen molar-refractivity contribution < 1.29 is 9.53 Å². The zero-order valence-electron chi connectivity index (χ0n) is 17.2. The molecule has 2 heterocycles. The van der Waals surface area contributed by atoms with Crippen molar-refractivity contribution in [2.75, 3.05) is 58.3 Å². The molecule has 0 aliphatic carbocycles. The van der Waals surface area contributed by atoms with Gasteiger partial charge in [-0.05, 0) is 58.3 Å². The van der Waals surface area contributed by atoms with Crippen molar-refractivity contribution in [3.05, 3.63) is 24.3 Å². The second-order valence-electron chi connectivity index (χ2n) is 8.54. The number of anilines is 1. The van der Waals surface area contributed by atoms with E-state index in [0.29, 0.717) is 12.5 Å². The van der Waals surface area contributed by atoms with Gasteiger partial charge in [0.05, 0.1) is 12.6 Å². The van der Waals surface area contributed by atoms with Crippen LogP contribution in [0.4, 0.5) is 10.5 Å². The van der Waals surface area contributed by atoms with Crippen molar-refractivity contribution in [1.82, 2.24) is 15.1 Å². The minimum absolute atomic E-state index is 0.0709. The SMILES string of the molecule is COc1cccc(N2CCN(C(=O)NCC3CCCN(C)C3)CC2(C)C)c1. The molecule has 0 bridgehead atoms. The van der Waals surface area contributed by atoms with E-state index in [0.717, 1.165) is 37.6 Å². The van der Waals surface area contributed by atoms with Crippen molar-refractivity contribution >= 4 is 11.7 Å². The number of piperidine rings is 1. The van der Waals surface area contributed by atoms with Crippen LogP contribution in [-0.2, 0) is 0 Å². The molecule has 1 aromatic carbocycles.